The minimum atomic E-state index is -0.332. The molecule has 2 N–H and O–H groups in total. The van der Waals surface area contributed by atoms with Gasteiger partial charge in [0.05, 0.1) is 14.2 Å². The van der Waals surface area contributed by atoms with E-state index in [0.717, 1.165) is 0 Å². The number of amidine groups is 2. The van der Waals surface area contributed by atoms with Gasteiger partial charge in [-0.25, -0.2) is 0 Å². The Hall–Kier alpha value is -0.637. The van der Waals surface area contributed by atoms with Crippen LogP contribution in [0.5, 0.6) is 0 Å². The van der Waals surface area contributed by atoms with Crippen LogP contribution in [0.4, 0.5) is 0 Å². The summed E-state index contributed by atoms with van der Waals surface area (Å²) in [6.45, 7) is 0. The fraction of sp³-hybridized carbons (Fsp3) is 0.500. The van der Waals surface area contributed by atoms with Gasteiger partial charge in [0, 0.05) is 19.5 Å². The van der Waals surface area contributed by atoms with Gasteiger partial charge in [-0.1, -0.05) is 0 Å². The molecule has 0 aromatic carbocycles. The maximum absolute atomic E-state index is 6.76. The third kappa shape index (κ3) is 5.50. The van der Waals surface area contributed by atoms with Gasteiger partial charge in [0.1, 0.15) is 0 Å². The number of rotatable bonds is 0. The molecule has 0 spiro atoms. The minimum Gasteiger partial charge on any atom is -0.491 e. The van der Waals surface area contributed by atoms with Crippen LogP contribution in [0.3, 0.4) is 0 Å². The van der Waals surface area contributed by atoms with Gasteiger partial charge >= 0.3 is 0 Å². The Labute approximate surface area is 71.9 Å². The van der Waals surface area contributed by atoms with E-state index in [1.165, 1.54) is 14.2 Å². The van der Waals surface area contributed by atoms with Crippen LogP contribution in [0.1, 0.15) is 0 Å². The second kappa shape index (κ2) is 6.48. The number of ether oxygens (including phenoxy) is 2. The van der Waals surface area contributed by atoms with Gasteiger partial charge in [0.15, 0.2) is 12.0 Å². The van der Waals surface area contributed by atoms with E-state index in [-0.39, 0.29) is 31.5 Å². The summed E-state index contributed by atoms with van der Waals surface area (Å²) in [7, 11) is 2.60. The average Bonchev–Trinajstić information content (AvgIpc) is 1.87. The fourth-order valence-electron chi connectivity index (χ4n) is 0.184. The van der Waals surface area contributed by atoms with E-state index < -0.39 is 0 Å². The molecule has 0 aliphatic heterocycles. The van der Waals surface area contributed by atoms with Gasteiger partial charge in [-0.3, -0.25) is 5.32 Å². The van der Waals surface area contributed by atoms with Crippen LogP contribution in [0, 0.1) is 10.8 Å². The summed E-state index contributed by atoms with van der Waals surface area (Å²) in [6.07, 6.45) is 0. The number of hydrogen-bond acceptors (Lipinski definition) is 4. The van der Waals surface area contributed by atoms with E-state index in [2.05, 4.69) is 14.8 Å². The molecule has 0 heterocycles. The largest absolute Gasteiger partial charge is 0.491 e. The Kier molecular flexibility index (Phi) is 7.83. The quantitative estimate of drug-likeness (QED) is 0.336. The van der Waals surface area contributed by atoms with Crippen molar-refractivity contribution in [2.45, 2.75) is 0 Å². The van der Waals surface area contributed by atoms with E-state index in [0.29, 0.717) is 0 Å². The molecule has 0 radical (unpaired) electrons. The topological polar surface area (TPSA) is 80.3 Å². The first-order valence-corrected chi connectivity index (χ1v) is 2.17. The molecule has 0 aliphatic carbocycles. The van der Waals surface area contributed by atoms with Crippen LogP contribution in [-0.2, 0) is 29.0 Å². The summed E-state index contributed by atoms with van der Waals surface area (Å²) in [6, 6.07) is -0.663. The van der Waals surface area contributed by atoms with Crippen LogP contribution < -0.4 is 0 Å². The van der Waals surface area contributed by atoms with Crippen molar-refractivity contribution in [2.75, 3.05) is 14.2 Å². The van der Waals surface area contributed by atoms with Crippen molar-refractivity contribution in [1.82, 2.24) is 0 Å². The minimum absolute atomic E-state index is 0. The number of hydrogen-bond donors (Lipinski definition) is 2. The zero-order valence-corrected chi connectivity index (χ0v) is 8.94. The average molecular weight is 196 g/mol. The molecule has 0 aliphatic rings. The predicted octanol–water partition coefficient (Wildman–Crippen LogP) is 0.520. The Morgan fingerprint density at radius 3 is 1.60 bits per heavy atom. The Balaban J connectivity index is 0. The molecule has 0 bridgehead atoms. The molecule has 0 rings (SSSR count). The molecule has 0 atom stereocenters. The Morgan fingerprint density at radius 1 is 1.10 bits per heavy atom. The molecule has 5 nitrogen and oxygen atoms in total. The summed E-state index contributed by atoms with van der Waals surface area (Å²) in [4.78, 5) is 0. The van der Waals surface area contributed by atoms with Crippen LogP contribution in [0.2, 0.25) is 0 Å². The molecular formula is C4H8N3O2Zn-. The Morgan fingerprint density at radius 2 is 1.40 bits per heavy atom. The van der Waals surface area contributed by atoms with Gasteiger partial charge in [0.2, 0.25) is 0 Å². The van der Waals surface area contributed by atoms with Crippen LogP contribution >= 0.6 is 0 Å². The van der Waals surface area contributed by atoms with Crippen molar-refractivity contribution >= 4 is 12.0 Å². The Bertz CT molecular complexity index is 114. The van der Waals surface area contributed by atoms with Crippen molar-refractivity contribution in [3.63, 3.8) is 0 Å². The van der Waals surface area contributed by atoms with E-state index in [1.54, 1.807) is 0 Å². The van der Waals surface area contributed by atoms with Crippen molar-refractivity contribution in [2.24, 2.45) is 0 Å². The number of methoxy groups -OCH3 is 2. The summed E-state index contributed by atoms with van der Waals surface area (Å²) in [5.41, 5.74) is 0. The normalized spacial score (nSPS) is 7.00. The second-order valence-electron chi connectivity index (χ2n) is 1.13. The molecule has 54 valence electrons. The van der Waals surface area contributed by atoms with Crippen molar-refractivity contribution in [3.8, 4) is 0 Å². The molecule has 6 heteroatoms. The van der Waals surface area contributed by atoms with Crippen molar-refractivity contribution < 1.29 is 29.0 Å². The predicted molar refractivity (Wildman–Crippen MR) is 32.8 cm³/mol. The second-order valence-corrected chi connectivity index (χ2v) is 1.13. The van der Waals surface area contributed by atoms with E-state index >= 15 is 0 Å². The zero-order chi connectivity index (χ0) is 7.28. The molecule has 10 heavy (non-hydrogen) atoms. The van der Waals surface area contributed by atoms with Crippen molar-refractivity contribution in [3.05, 3.63) is 5.32 Å². The fourth-order valence-corrected chi connectivity index (χ4v) is 0.184. The molecule has 0 amide bonds. The maximum atomic E-state index is 6.76. The van der Waals surface area contributed by atoms with Gasteiger partial charge < -0.3 is 20.3 Å². The summed E-state index contributed by atoms with van der Waals surface area (Å²) in [5, 5.41) is 16.8. The molecule has 0 aromatic heterocycles. The third-order valence-electron chi connectivity index (χ3n) is 0.590. The van der Waals surface area contributed by atoms with Gasteiger partial charge in [-0.15, -0.1) is 0 Å². The van der Waals surface area contributed by atoms with E-state index in [1.807, 2.05) is 0 Å². The molecule has 0 aromatic rings. The maximum Gasteiger partial charge on any atom is 0.162 e. The van der Waals surface area contributed by atoms with Crippen LogP contribution in [0.15, 0.2) is 0 Å². The summed E-state index contributed by atoms with van der Waals surface area (Å²) in [5.74, 6) is 0. The molecule has 0 unspecified atom stereocenters. The number of nitrogens with one attached hydrogen (secondary N) is 2. The van der Waals surface area contributed by atoms with E-state index in [4.69, 9.17) is 10.8 Å². The summed E-state index contributed by atoms with van der Waals surface area (Å²) < 4.78 is 8.64. The first-order chi connectivity index (χ1) is 4.20. The van der Waals surface area contributed by atoms with Gasteiger partial charge in [0.25, 0.3) is 0 Å². The SMILES string of the molecule is COC(=N)[N-]C(=N)OC.[Zn]. The number of nitrogens with zero attached hydrogens (tertiary/aromatic N) is 1. The van der Waals surface area contributed by atoms with Crippen LogP contribution in [0.25, 0.3) is 5.32 Å². The van der Waals surface area contributed by atoms with Gasteiger partial charge in [-0.2, -0.15) is 0 Å². The first kappa shape index (κ1) is 12.1. The van der Waals surface area contributed by atoms with E-state index in [9.17, 15) is 0 Å². The standard InChI is InChI=1S/C4H8N3O2.Zn/c1-8-3(5)7-4(6)9-2;/h1-2H3,(H2-,5,6,7);/q-1;. The monoisotopic (exact) mass is 194 g/mol. The molecule has 0 fully saturated rings. The third-order valence-corrected chi connectivity index (χ3v) is 0.590. The summed E-state index contributed by atoms with van der Waals surface area (Å²) >= 11 is 0. The van der Waals surface area contributed by atoms with Crippen LogP contribution in [-0.4, -0.2) is 26.3 Å². The molecule has 0 saturated heterocycles. The molecular weight excluding hydrogens is 187 g/mol. The zero-order valence-electron chi connectivity index (χ0n) is 5.97. The first-order valence-electron chi connectivity index (χ1n) is 2.17. The smallest absolute Gasteiger partial charge is 0.162 e. The van der Waals surface area contributed by atoms with Gasteiger partial charge in [-0.05, 0) is 0 Å². The molecule has 0 saturated carbocycles. The van der Waals surface area contributed by atoms with Crippen molar-refractivity contribution in [1.29, 1.82) is 10.8 Å².